The van der Waals surface area contributed by atoms with E-state index in [1.54, 1.807) is 6.20 Å². The molecule has 0 aliphatic heterocycles. The maximum Gasteiger partial charge on any atom is 0.319 e. The third-order valence-corrected chi connectivity index (χ3v) is 2.86. The van der Waals surface area contributed by atoms with Crippen LogP contribution >= 0.6 is 0 Å². The number of rotatable bonds is 2. The number of pyridine rings is 1. The molecule has 0 spiro atoms. The van der Waals surface area contributed by atoms with Crippen LogP contribution < -0.4 is 10.6 Å². The highest BCUT2D eigenvalue weighted by molar-refractivity contribution is 5.89. The molecule has 0 unspecified atom stereocenters. The minimum absolute atomic E-state index is 0.127. The van der Waals surface area contributed by atoms with E-state index in [2.05, 4.69) is 15.6 Å². The van der Waals surface area contributed by atoms with Gasteiger partial charge in [-0.25, -0.2) is 4.79 Å². The Bertz CT molecular complexity index is 355. The molecule has 86 valence electrons. The lowest BCUT2D eigenvalue weighted by molar-refractivity contribution is 0.248. The SMILES string of the molecule is Cc1ccc(NC(=O)NC2CCCC2)cn1. The third kappa shape index (κ3) is 2.95. The molecule has 1 aliphatic carbocycles. The highest BCUT2D eigenvalue weighted by atomic mass is 16.2. The predicted octanol–water partition coefficient (Wildman–Crippen LogP) is 2.45. The van der Waals surface area contributed by atoms with Gasteiger partial charge in [0.05, 0.1) is 11.9 Å². The summed E-state index contributed by atoms with van der Waals surface area (Å²) in [5, 5.41) is 5.75. The quantitative estimate of drug-likeness (QED) is 0.802. The molecule has 0 bridgehead atoms. The fourth-order valence-corrected chi connectivity index (χ4v) is 1.96. The summed E-state index contributed by atoms with van der Waals surface area (Å²) >= 11 is 0. The van der Waals surface area contributed by atoms with Gasteiger partial charge in [0.25, 0.3) is 0 Å². The van der Waals surface area contributed by atoms with Crippen molar-refractivity contribution in [3.8, 4) is 0 Å². The Morgan fingerprint density at radius 2 is 2.12 bits per heavy atom. The molecule has 4 heteroatoms. The highest BCUT2D eigenvalue weighted by Crippen LogP contribution is 2.17. The van der Waals surface area contributed by atoms with Gasteiger partial charge in [-0.05, 0) is 31.9 Å². The zero-order valence-electron chi connectivity index (χ0n) is 9.49. The average molecular weight is 219 g/mol. The van der Waals surface area contributed by atoms with Crippen molar-refractivity contribution in [1.82, 2.24) is 10.3 Å². The molecule has 1 aromatic heterocycles. The number of hydrogen-bond acceptors (Lipinski definition) is 2. The molecule has 0 atom stereocenters. The summed E-state index contributed by atoms with van der Waals surface area (Å²) < 4.78 is 0. The van der Waals surface area contributed by atoms with Gasteiger partial charge in [0.1, 0.15) is 0 Å². The summed E-state index contributed by atoms with van der Waals surface area (Å²) in [6.07, 6.45) is 6.30. The van der Waals surface area contributed by atoms with Crippen molar-refractivity contribution < 1.29 is 4.79 Å². The molecule has 2 N–H and O–H groups in total. The molecular weight excluding hydrogens is 202 g/mol. The normalized spacial score (nSPS) is 16.1. The first-order valence-corrected chi connectivity index (χ1v) is 5.74. The molecule has 1 fully saturated rings. The van der Waals surface area contributed by atoms with Gasteiger partial charge >= 0.3 is 6.03 Å². The second kappa shape index (κ2) is 4.96. The van der Waals surface area contributed by atoms with Crippen LogP contribution in [-0.4, -0.2) is 17.1 Å². The number of urea groups is 1. The Morgan fingerprint density at radius 3 is 2.75 bits per heavy atom. The number of amides is 2. The lowest BCUT2D eigenvalue weighted by Crippen LogP contribution is -2.36. The van der Waals surface area contributed by atoms with E-state index < -0.39 is 0 Å². The zero-order valence-corrected chi connectivity index (χ0v) is 9.49. The molecule has 2 amide bonds. The van der Waals surface area contributed by atoms with Crippen LogP contribution in [0.25, 0.3) is 0 Å². The number of carbonyl (C=O) groups excluding carboxylic acids is 1. The first-order chi connectivity index (χ1) is 7.74. The van der Waals surface area contributed by atoms with Crippen molar-refractivity contribution in [1.29, 1.82) is 0 Å². The fraction of sp³-hybridized carbons (Fsp3) is 0.500. The summed E-state index contributed by atoms with van der Waals surface area (Å²) in [7, 11) is 0. The smallest absolute Gasteiger partial charge is 0.319 e. The van der Waals surface area contributed by atoms with Gasteiger partial charge in [-0.2, -0.15) is 0 Å². The minimum Gasteiger partial charge on any atom is -0.335 e. The Morgan fingerprint density at radius 1 is 1.38 bits per heavy atom. The van der Waals surface area contributed by atoms with E-state index in [0.717, 1.165) is 24.2 Å². The van der Waals surface area contributed by atoms with Crippen LogP contribution in [0.1, 0.15) is 31.4 Å². The summed E-state index contributed by atoms with van der Waals surface area (Å²) in [5.74, 6) is 0. The zero-order chi connectivity index (χ0) is 11.4. The van der Waals surface area contributed by atoms with Crippen molar-refractivity contribution >= 4 is 11.7 Å². The van der Waals surface area contributed by atoms with Crippen LogP contribution in [0.15, 0.2) is 18.3 Å². The summed E-state index contributed by atoms with van der Waals surface area (Å²) in [4.78, 5) is 15.7. The number of carbonyl (C=O) groups is 1. The Hall–Kier alpha value is -1.58. The predicted molar refractivity (Wildman–Crippen MR) is 63.4 cm³/mol. The van der Waals surface area contributed by atoms with E-state index in [1.807, 2.05) is 19.1 Å². The number of nitrogens with one attached hydrogen (secondary N) is 2. The minimum atomic E-state index is -0.127. The first-order valence-electron chi connectivity index (χ1n) is 5.74. The van der Waals surface area contributed by atoms with E-state index >= 15 is 0 Å². The molecule has 2 rings (SSSR count). The van der Waals surface area contributed by atoms with Gasteiger partial charge in [-0.1, -0.05) is 12.8 Å². The number of anilines is 1. The van der Waals surface area contributed by atoms with Crippen molar-refractivity contribution in [2.45, 2.75) is 38.6 Å². The van der Waals surface area contributed by atoms with Gasteiger partial charge in [0.15, 0.2) is 0 Å². The number of nitrogens with zero attached hydrogens (tertiary/aromatic N) is 1. The van der Waals surface area contributed by atoms with Crippen molar-refractivity contribution in [3.63, 3.8) is 0 Å². The van der Waals surface area contributed by atoms with E-state index in [4.69, 9.17) is 0 Å². The largest absolute Gasteiger partial charge is 0.335 e. The van der Waals surface area contributed by atoms with Gasteiger partial charge in [-0.15, -0.1) is 0 Å². The maximum absolute atomic E-state index is 11.6. The van der Waals surface area contributed by atoms with Gasteiger partial charge in [-0.3, -0.25) is 4.98 Å². The summed E-state index contributed by atoms with van der Waals surface area (Å²) in [6, 6.07) is 3.96. The molecule has 0 saturated heterocycles. The topological polar surface area (TPSA) is 54.0 Å². The number of aromatic nitrogens is 1. The highest BCUT2D eigenvalue weighted by Gasteiger charge is 2.16. The molecular formula is C12H17N3O. The molecule has 0 radical (unpaired) electrons. The standard InChI is InChI=1S/C12H17N3O/c1-9-6-7-11(8-13-9)15-12(16)14-10-4-2-3-5-10/h6-8,10H,2-5H2,1H3,(H2,14,15,16). The third-order valence-electron chi connectivity index (χ3n) is 2.86. The van der Waals surface area contributed by atoms with Crippen LogP contribution in [0.2, 0.25) is 0 Å². The Balaban J connectivity index is 1.84. The van der Waals surface area contributed by atoms with E-state index in [9.17, 15) is 4.79 Å². The molecule has 1 aliphatic rings. The van der Waals surface area contributed by atoms with E-state index in [-0.39, 0.29) is 6.03 Å². The first kappa shape index (κ1) is 10.9. The van der Waals surface area contributed by atoms with Gasteiger partial charge in [0.2, 0.25) is 0 Å². The summed E-state index contributed by atoms with van der Waals surface area (Å²) in [6.45, 7) is 1.92. The monoisotopic (exact) mass is 219 g/mol. The van der Waals surface area contributed by atoms with Gasteiger partial charge in [0, 0.05) is 11.7 Å². The Labute approximate surface area is 95.5 Å². The summed E-state index contributed by atoms with van der Waals surface area (Å²) in [5.41, 5.74) is 1.68. The molecule has 4 nitrogen and oxygen atoms in total. The van der Waals surface area contributed by atoms with Crippen LogP contribution in [0, 0.1) is 6.92 Å². The number of aryl methyl sites for hydroxylation is 1. The molecule has 1 aromatic rings. The Kier molecular flexibility index (Phi) is 3.39. The van der Waals surface area contributed by atoms with Crippen LogP contribution in [0.5, 0.6) is 0 Å². The van der Waals surface area contributed by atoms with E-state index in [1.165, 1.54) is 12.8 Å². The maximum atomic E-state index is 11.6. The molecule has 0 aromatic carbocycles. The number of hydrogen-bond donors (Lipinski definition) is 2. The van der Waals surface area contributed by atoms with E-state index in [0.29, 0.717) is 6.04 Å². The van der Waals surface area contributed by atoms with Crippen molar-refractivity contribution in [3.05, 3.63) is 24.0 Å². The lowest BCUT2D eigenvalue weighted by Gasteiger charge is -2.12. The second-order valence-electron chi connectivity index (χ2n) is 4.27. The van der Waals surface area contributed by atoms with Crippen molar-refractivity contribution in [2.75, 3.05) is 5.32 Å². The van der Waals surface area contributed by atoms with Crippen molar-refractivity contribution in [2.24, 2.45) is 0 Å². The van der Waals surface area contributed by atoms with Crippen LogP contribution in [-0.2, 0) is 0 Å². The van der Waals surface area contributed by atoms with Gasteiger partial charge < -0.3 is 10.6 Å². The van der Waals surface area contributed by atoms with Crippen LogP contribution in [0.4, 0.5) is 10.5 Å². The molecule has 1 heterocycles. The second-order valence-corrected chi connectivity index (χ2v) is 4.27. The average Bonchev–Trinajstić information content (AvgIpc) is 2.74. The lowest BCUT2D eigenvalue weighted by atomic mass is 10.2. The van der Waals surface area contributed by atoms with Crippen LogP contribution in [0.3, 0.4) is 0 Å². The molecule has 1 saturated carbocycles. The fourth-order valence-electron chi connectivity index (χ4n) is 1.96. The molecule has 16 heavy (non-hydrogen) atoms.